The fraction of sp³-hybridized carbons (Fsp3) is 0.375. The maximum absolute atomic E-state index is 4.32. The molecule has 46 valence electrons. The molecule has 1 heteroatoms. The second kappa shape index (κ2) is 1.83. The molecule has 0 fully saturated rings. The zero-order valence-corrected chi connectivity index (χ0v) is 5.30. The van der Waals surface area contributed by atoms with Gasteiger partial charge in [0.2, 0.25) is 0 Å². The molecular formula is C8H9N. The van der Waals surface area contributed by atoms with Crippen molar-refractivity contribution in [1.29, 1.82) is 0 Å². The van der Waals surface area contributed by atoms with Crippen molar-refractivity contribution < 1.29 is 0 Å². The number of hydrogen-bond donors (Lipinski definition) is 0. The summed E-state index contributed by atoms with van der Waals surface area (Å²) >= 11 is 0. The van der Waals surface area contributed by atoms with Gasteiger partial charge in [0, 0.05) is 6.54 Å². The first kappa shape index (κ1) is 4.98. The van der Waals surface area contributed by atoms with E-state index in [0.29, 0.717) is 0 Å². The number of rotatable bonds is 0. The third-order valence-electron chi connectivity index (χ3n) is 1.77. The number of fused-ring (bicyclic) bond motifs is 1. The van der Waals surface area contributed by atoms with Gasteiger partial charge in [0.15, 0.2) is 0 Å². The van der Waals surface area contributed by atoms with E-state index in [2.05, 4.69) is 23.2 Å². The highest BCUT2D eigenvalue weighted by molar-refractivity contribution is 6.10. The Morgan fingerprint density at radius 1 is 1.44 bits per heavy atom. The largest absolute Gasteiger partial charge is 0.285 e. The number of aliphatic imine (C=N–C) groups is 1. The summed E-state index contributed by atoms with van der Waals surface area (Å²) in [5.74, 6) is 0. The summed E-state index contributed by atoms with van der Waals surface area (Å²) in [5, 5.41) is 0. The van der Waals surface area contributed by atoms with Gasteiger partial charge in [-0.05, 0) is 24.5 Å². The molecule has 2 rings (SSSR count). The Labute approximate surface area is 54.8 Å². The number of nitrogens with zero attached hydrogens (tertiary/aromatic N) is 1. The van der Waals surface area contributed by atoms with Crippen LogP contribution in [0, 0.1) is 0 Å². The van der Waals surface area contributed by atoms with Crippen LogP contribution in [0.5, 0.6) is 0 Å². The van der Waals surface area contributed by atoms with Crippen molar-refractivity contribution in [2.45, 2.75) is 12.8 Å². The minimum absolute atomic E-state index is 1.01. The molecule has 0 bridgehead atoms. The van der Waals surface area contributed by atoms with Crippen LogP contribution >= 0.6 is 0 Å². The Morgan fingerprint density at radius 2 is 2.44 bits per heavy atom. The molecule has 0 N–H and O–H groups in total. The fourth-order valence-corrected chi connectivity index (χ4v) is 1.28. The Hall–Kier alpha value is -0.850. The minimum Gasteiger partial charge on any atom is -0.285 e. The molecule has 0 radical (unpaired) electrons. The maximum atomic E-state index is 4.32. The van der Waals surface area contributed by atoms with Gasteiger partial charge in [0.1, 0.15) is 0 Å². The van der Waals surface area contributed by atoms with Crippen LogP contribution in [0.4, 0.5) is 0 Å². The molecule has 2 aliphatic rings. The van der Waals surface area contributed by atoms with Gasteiger partial charge in [0.25, 0.3) is 0 Å². The normalized spacial score (nSPS) is 23.1. The quantitative estimate of drug-likeness (QED) is 0.460. The average molecular weight is 119 g/mol. The zero-order chi connectivity index (χ0) is 6.10. The van der Waals surface area contributed by atoms with Crippen LogP contribution in [0.25, 0.3) is 0 Å². The molecule has 0 amide bonds. The van der Waals surface area contributed by atoms with Crippen LogP contribution in [-0.4, -0.2) is 12.3 Å². The summed E-state index contributed by atoms with van der Waals surface area (Å²) in [6.07, 6.45) is 8.83. The van der Waals surface area contributed by atoms with Gasteiger partial charge < -0.3 is 0 Å². The van der Waals surface area contributed by atoms with Gasteiger partial charge in [-0.15, -0.1) is 0 Å². The SMILES string of the molecule is C1=CC2=NCCC2=CC1. The zero-order valence-electron chi connectivity index (χ0n) is 5.30. The van der Waals surface area contributed by atoms with Gasteiger partial charge in [-0.2, -0.15) is 0 Å². The lowest BCUT2D eigenvalue weighted by molar-refractivity contribution is 1.04. The van der Waals surface area contributed by atoms with Gasteiger partial charge in [0.05, 0.1) is 5.71 Å². The smallest absolute Gasteiger partial charge is 0.0600 e. The van der Waals surface area contributed by atoms with Gasteiger partial charge in [-0.1, -0.05) is 12.2 Å². The standard InChI is InChI=1S/C8H9N/c1-2-4-8-7(3-1)5-6-9-8/h2-4H,1,5-6H2. The lowest BCUT2D eigenvalue weighted by Crippen LogP contribution is -1.95. The number of hydrogen-bond acceptors (Lipinski definition) is 1. The van der Waals surface area contributed by atoms with Crippen LogP contribution in [0.1, 0.15) is 12.8 Å². The van der Waals surface area contributed by atoms with Crippen molar-refractivity contribution in [3.63, 3.8) is 0 Å². The van der Waals surface area contributed by atoms with E-state index in [1.54, 1.807) is 0 Å². The van der Waals surface area contributed by atoms with E-state index in [-0.39, 0.29) is 0 Å². The molecule has 1 aliphatic carbocycles. The van der Waals surface area contributed by atoms with Crippen molar-refractivity contribution in [2.75, 3.05) is 6.54 Å². The minimum atomic E-state index is 1.01. The third-order valence-corrected chi connectivity index (χ3v) is 1.77. The molecule has 1 aliphatic heterocycles. The lowest BCUT2D eigenvalue weighted by Gasteiger charge is -2.00. The van der Waals surface area contributed by atoms with E-state index in [0.717, 1.165) is 13.0 Å². The predicted molar refractivity (Wildman–Crippen MR) is 38.8 cm³/mol. The van der Waals surface area contributed by atoms with Crippen LogP contribution in [0.15, 0.2) is 28.8 Å². The lowest BCUT2D eigenvalue weighted by atomic mass is 10.0. The Kier molecular flexibility index (Phi) is 1.01. The fourth-order valence-electron chi connectivity index (χ4n) is 1.28. The van der Waals surface area contributed by atoms with Crippen molar-refractivity contribution in [3.05, 3.63) is 23.8 Å². The summed E-state index contributed by atoms with van der Waals surface area (Å²) in [7, 11) is 0. The van der Waals surface area contributed by atoms with Crippen LogP contribution in [0.2, 0.25) is 0 Å². The van der Waals surface area contributed by atoms with E-state index in [9.17, 15) is 0 Å². The molecule has 0 unspecified atom stereocenters. The summed E-state index contributed by atoms with van der Waals surface area (Å²) in [4.78, 5) is 4.32. The summed E-state index contributed by atoms with van der Waals surface area (Å²) in [6.45, 7) is 1.01. The van der Waals surface area contributed by atoms with Gasteiger partial charge >= 0.3 is 0 Å². The maximum Gasteiger partial charge on any atom is 0.0600 e. The van der Waals surface area contributed by atoms with Crippen molar-refractivity contribution in [3.8, 4) is 0 Å². The van der Waals surface area contributed by atoms with E-state index < -0.39 is 0 Å². The second-order valence-electron chi connectivity index (χ2n) is 2.38. The topological polar surface area (TPSA) is 12.4 Å². The average Bonchev–Trinajstić information content (AvgIpc) is 2.33. The second-order valence-corrected chi connectivity index (χ2v) is 2.38. The summed E-state index contributed by atoms with van der Waals surface area (Å²) in [5.41, 5.74) is 2.68. The molecule has 1 heterocycles. The van der Waals surface area contributed by atoms with Crippen LogP contribution in [-0.2, 0) is 0 Å². The summed E-state index contributed by atoms with van der Waals surface area (Å²) in [6, 6.07) is 0. The van der Waals surface area contributed by atoms with Gasteiger partial charge in [-0.25, -0.2) is 0 Å². The first-order valence-corrected chi connectivity index (χ1v) is 3.37. The predicted octanol–water partition coefficient (Wildman–Crippen LogP) is 1.72. The molecule has 0 spiro atoms. The molecule has 0 saturated heterocycles. The highest BCUT2D eigenvalue weighted by Gasteiger charge is 2.11. The number of allylic oxidation sites excluding steroid dienone is 3. The van der Waals surface area contributed by atoms with E-state index in [1.165, 1.54) is 17.7 Å². The first-order valence-electron chi connectivity index (χ1n) is 3.37. The van der Waals surface area contributed by atoms with E-state index >= 15 is 0 Å². The molecule has 9 heavy (non-hydrogen) atoms. The van der Waals surface area contributed by atoms with Crippen LogP contribution < -0.4 is 0 Å². The molecular weight excluding hydrogens is 110 g/mol. The molecule has 0 atom stereocenters. The van der Waals surface area contributed by atoms with Crippen molar-refractivity contribution >= 4 is 5.71 Å². The van der Waals surface area contributed by atoms with E-state index in [1.807, 2.05) is 0 Å². The third kappa shape index (κ3) is 0.727. The Bertz CT molecular complexity index is 209. The van der Waals surface area contributed by atoms with Crippen molar-refractivity contribution in [1.82, 2.24) is 0 Å². The summed E-state index contributed by atoms with van der Waals surface area (Å²) < 4.78 is 0. The Balaban J connectivity index is 2.37. The van der Waals surface area contributed by atoms with Crippen LogP contribution in [0.3, 0.4) is 0 Å². The first-order chi connectivity index (χ1) is 4.47. The Morgan fingerprint density at radius 3 is 3.33 bits per heavy atom. The monoisotopic (exact) mass is 119 g/mol. The highest BCUT2D eigenvalue weighted by Crippen LogP contribution is 2.17. The van der Waals surface area contributed by atoms with Crippen molar-refractivity contribution in [2.24, 2.45) is 4.99 Å². The highest BCUT2D eigenvalue weighted by atomic mass is 14.8. The molecule has 1 nitrogen and oxygen atoms in total. The molecule has 0 saturated carbocycles. The van der Waals surface area contributed by atoms with E-state index in [4.69, 9.17) is 0 Å². The van der Waals surface area contributed by atoms with Gasteiger partial charge in [-0.3, -0.25) is 4.99 Å². The molecule has 0 aromatic rings. The molecule has 0 aromatic carbocycles. The molecule has 0 aromatic heterocycles.